The van der Waals surface area contributed by atoms with Crippen molar-refractivity contribution in [1.82, 2.24) is 4.98 Å². The predicted octanol–water partition coefficient (Wildman–Crippen LogP) is 2.93. The van der Waals surface area contributed by atoms with Crippen LogP contribution in [0.15, 0.2) is 11.4 Å². The highest BCUT2D eigenvalue weighted by atomic mass is 32.1. The van der Waals surface area contributed by atoms with Crippen molar-refractivity contribution in [2.75, 3.05) is 11.9 Å². The van der Waals surface area contributed by atoms with Crippen LogP contribution in [0.25, 0.3) is 0 Å². The number of H-pyrrole nitrogens is 1. The number of thiophene rings is 1. The predicted molar refractivity (Wildman–Crippen MR) is 98.8 cm³/mol. The Morgan fingerprint density at radius 2 is 2.04 bits per heavy atom. The first-order valence-corrected chi connectivity index (χ1v) is 9.03. The number of rotatable bonds is 6. The molecule has 0 spiro atoms. The molecule has 0 fully saturated rings. The van der Waals surface area contributed by atoms with Gasteiger partial charge >= 0.3 is 11.9 Å². The average Bonchev–Trinajstić information content (AvgIpc) is 3.18. The number of nitrogens with one attached hydrogen (secondary N) is 2. The van der Waals surface area contributed by atoms with Crippen LogP contribution in [0, 0.1) is 25.2 Å². The number of ether oxygens (including phenoxy) is 2. The summed E-state index contributed by atoms with van der Waals surface area (Å²) >= 11 is 1.20. The van der Waals surface area contributed by atoms with Crippen LogP contribution >= 0.6 is 11.3 Å². The monoisotopic (exact) mass is 389 g/mol. The maximum absolute atomic E-state index is 12.5. The summed E-state index contributed by atoms with van der Waals surface area (Å²) < 4.78 is 10.2. The largest absolute Gasteiger partial charge is 0.461 e. The second kappa shape index (κ2) is 8.51. The van der Waals surface area contributed by atoms with Gasteiger partial charge in [0, 0.05) is 5.69 Å². The average molecular weight is 389 g/mol. The molecule has 9 heteroatoms. The minimum atomic E-state index is -1.09. The van der Waals surface area contributed by atoms with E-state index < -0.39 is 23.9 Å². The van der Waals surface area contributed by atoms with Gasteiger partial charge in [0.1, 0.15) is 16.8 Å². The Kier molecular flexibility index (Phi) is 6.36. The number of hydrogen-bond donors (Lipinski definition) is 2. The van der Waals surface area contributed by atoms with Gasteiger partial charge in [-0.25, -0.2) is 9.59 Å². The molecule has 0 aliphatic rings. The van der Waals surface area contributed by atoms with Crippen LogP contribution in [-0.4, -0.2) is 35.5 Å². The molecule has 2 heterocycles. The topological polar surface area (TPSA) is 121 Å². The van der Waals surface area contributed by atoms with E-state index in [1.807, 2.05) is 6.07 Å². The van der Waals surface area contributed by atoms with Gasteiger partial charge in [-0.1, -0.05) is 0 Å². The molecule has 0 aliphatic heterocycles. The van der Waals surface area contributed by atoms with Crippen LogP contribution < -0.4 is 5.32 Å². The molecule has 0 saturated carbocycles. The molecule has 2 aromatic rings. The number of carbonyl (C=O) groups excluding carboxylic acids is 3. The number of aryl methyl sites for hydroxylation is 1. The third kappa shape index (κ3) is 4.35. The molecular weight excluding hydrogens is 370 g/mol. The van der Waals surface area contributed by atoms with E-state index in [0.717, 1.165) is 0 Å². The number of hydrogen-bond acceptors (Lipinski definition) is 7. The number of nitrogens with zero attached hydrogens (tertiary/aromatic N) is 1. The van der Waals surface area contributed by atoms with Gasteiger partial charge in [-0.3, -0.25) is 4.79 Å². The van der Waals surface area contributed by atoms with E-state index in [1.165, 1.54) is 18.3 Å². The highest BCUT2D eigenvalue weighted by Crippen LogP contribution is 2.23. The van der Waals surface area contributed by atoms with E-state index in [1.54, 1.807) is 32.2 Å². The SMILES string of the molecule is CCOC(=O)c1[nH]c(C)c(C(=O)O[C@H](C)C(=O)Nc2sccc2C#N)c1C. The molecular formula is C18H19N3O5S. The van der Waals surface area contributed by atoms with E-state index in [9.17, 15) is 14.4 Å². The highest BCUT2D eigenvalue weighted by molar-refractivity contribution is 7.14. The second-order valence-electron chi connectivity index (χ2n) is 5.66. The number of carbonyl (C=O) groups is 3. The van der Waals surface area contributed by atoms with Crippen molar-refractivity contribution >= 4 is 34.2 Å². The Morgan fingerprint density at radius 1 is 1.33 bits per heavy atom. The third-order valence-electron chi connectivity index (χ3n) is 3.80. The van der Waals surface area contributed by atoms with Gasteiger partial charge in [0.25, 0.3) is 5.91 Å². The van der Waals surface area contributed by atoms with Gasteiger partial charge in [0.15, 0.2) is 6.10 Å². The number of aromatic nitrogens is 1. The Hall–Kier alpha value is -3.12. The molecule has 27 heavy (non-hydrogen) atoms. The van der Waals surface area contributed by atoms with Crippen molar-refractivity contribution in [3.8, 4) is 6.07 Å². The van der Waals surface area contributed by atoms with Crippen LogP contribution in [0.5, 0.6) is 0 Å². The fourth-order valence-corrected chi connectivity index (χ4v) is 3.18. The van der Waals surface area contributed by atoms with Gasteiger partial charge in [-0.2, -0.15) is 5.26 Å². The molecule has 1 atom stereocenters. The highest BCUT2D eigenvalue weighted by Gasteiger charge is 2.27. The molecule has 2 aromatic heterocycles. The molecule has 8 nitrogen and oxygen atoms in total. The van der Waals surface area contributed by atoms with Crippen molar-refractivity contribution in [1.29, 1.82) is 5.26 Å². The first-order chi connectivity index (χ1) is 12.8. The molecule has 0 unspecified atom stereocenters. The molecule has 0 radical (unpaired) electrons. The Morgan fingerprint density at radius 3 is 2.67 bits per heavy atom. The van der Waals surface area contributed by atoms with E-state index >= 15 is 0 Å². The molecule has 2 N–H and O–H groups in total. The Bertz CT molecular complexity index is 922. The van der Waals surface area contributed by atoms with Gasteiger partial charge in [0.2, 0.25) is 0 Å². The summed E-state index contributed by atoms with van der Waals surface area (Å²) in [5.41, 5.74) is 1.54. The van der Waals surface area contributed by atoms with Crippen molar-refractivity contribution in [2.24, 2.45) is 0 Å². The van der Waals surface area contributed by atoms with Crippen molar-refractivity contribution < 1.29 is 23.9 Å². The van der Waals surface area contributed by atoms with Crippen LogP contribution in [0.4, 0.5) is 5.00 Å². The molecule has 0 aliphatic carbocycles. The zero-order valence-corrected chi connectivity index (χ0v) is 16.2. The maximum atomic E-state index is 12.5. The Labute approximate surface area is 160 Å². The summed E-state index contributed by atoms with van der Waals surface area (Å²) in [6.45, 7) is 6.55. The first-order valence-electron chi connectivity index (χ1n) is 8.15. The van der Waals surface area contributed by atoms with Crippen molar-refractivity contribution in [3.63, 3.8) is 0 Å². The summed E-state index contributed by atoms with van der Waals surface area (Å²) in [5.74, 6) is -1.85. The van der Waals surface area contributed by atoms with Crippen LogP contribution in [0.2, 0.25) is 0 Å². The lowest BCUT2D eigenvalue weighted by Crippen LogP contribution is -2.30. The minimum Gasteiger partial charge on any atom is -0.461 e. The lowest BCUT2D eigenvalue weighted by Gasteiger charge is -2.13. The smallest absolute Gasteiger partial charge is 0.355 e. The van der Waals surface area contributed by atoms with Crippen LogP contribution in [-0.2, 0) is 14.3 Å². The maximum Gasteiger partial charge on any atom is 0.355 e. The molecule has 2 rings (SSSR count). The molecule has 0 aromatic carbocycles. The molecule has 1 amide bonds. The third-order valence-corrected chi connectivity index (χ3v) is 4.63. The molecule has 0 saturated heterocycles. The lowest BCUT2D eigenvalue weighted by molar-refractivity contribution is -0.123. The minimum absolute atomic E-state index is 0.177. The fourth-order valence-electron chi connectivity index (χ4n) is 2.44. The first kappa shape index (κ1) is 20.2. The normalized spacial score (nSPS) is 11.4. The summed E-state index contributed by atoms with van der Waals surface area (Å²) in [4.78, 5) is 39.5. The van der Waals surface area contributed by atoms with Crippen molar-refractivity contribution in [2.45, 2.75) is 33.8 Å². The zero-order valence-electron chi connectivity index (χ0n) is 15.3. The standard InChI is InChI=1S/C18H19N3O5S/c1-5-25-18(24)14-9(2)13(10(3)20-14)17(23)26-11(4)15(22)21-16-12(8-19)6-7-27-16/h6-7,11,20H,5H2,1-4H3,(H,21,22)/t11-/m1/s1. The number of amides is 1. The van der Waals surface area contributed by atoms with Gasteiger partial charge in [-0.15, -0.1) is 11.3 Å². The van der Waals surface area contributed by atoms with Gasteiger partial charge in [-0.05, 0) is 44.7 Å². The zero-order chi connectivity index (χ0) is 20.1. The van der Waals surface area contributed by atoms with Crippen molar-refractivity contribution in [3.05, 3.63) is 39.5 Å². The van der Waals surface area contributed by atoms with E-state index in [-0.39, 0.29) is 17.9 Å². The van der Waals surface area contributed by atoms with Crippen LogP contribution in [0.3, 0.4) is 0 Å². The number of aromatic amines is 1. The van der Waals surface area contributed by atoms with Gasteiger partial charge < -0.3 is 19.8 Å². The number of anilines is 1. The fraction of sp³-hybridized carbons (Fsp3) is 0.333. The van der Waals surface area contributed by atoms with E-state index in [0.29, 0.717) is 21.8 Å². The summed E-state index contributed by atoms with van der Waals surface area (Å²) in [6, 6.07) is 3.55. The van der Waals surface area contributed by atoms with E-state index in [4.69, 9.17) is 14.7 Å². The summed E-state index contributed by atoms with van der Waals surface area (Å²) in [6.07, 6.45) is -1.09. The number of nitriles is 1. The quantitative estimate of drug-likeness (QED) is 0.733. The van der Waals surface area contributed by atoms with Crippen LogP contribution in [0.1, 0.15) is 51.5 Å². The summed E-state index contributed by atoms with van der Waals surface area (Å²) in [7, 11) is 0. The number of esters is 2. The summed E-state index contributed by atoms with van der Waals surface area (Å²) in [5, 5.41) is 13.6. The second-order valence-corrected chi connectivity index (χ2v) is 6.57. The molecule has 142 valence electrons. The molecule has 0 bridgehead atoms. The van der Waals surface area contributed by atoms with E-state index in [2.05, 4.69) is 10.3 Å². The lowest BCUT2D eigenvalue weighted by atomic mass is 10.1. The Balaban J connectivity index is 2.11. The van der Waals surface area contributed by atoms with Gasteiger partial charge in [0.05, 0.1) is 17.7 Å².